The lowest BCUT2D eigenvalue weighted by Gasteiger charge is -2.49. The summed E-state index contributed by atoms with van der Waals surface area (Å²) < 4.78 is -0.581. The normalized spacial score (nSPS) is 19.0. The summed E-state index contributed by atoms with van der Waals surface area (Å²) in [7, 11) is 0. The fraction of sp³-hybridized carbons (Fsp3) is 0.389. The van der Waals surface area contributed by atoms with Crippen LogP contribution in [0.15, 0.2) is 42.5 Å². The van der Waals surface area contributed by atoms with Crippen molar-refractivity contribution in [2.45, 2.75) is 31.7 Å². The summed E-state index contributed by atoms with van der Waals surface area (Å²) in [5.41, 5.74) is 0.921. The van der Waals surface area contributed by atoms with Gasteiger partial charge >= 0.3 is 5.97 Å². The number of carbonyl (C=O) groups is 1. The van der Waals surface area contributed by atoms with Crippen LogP contribution in [-0.2, 0) is 11.2 Å². The van der Waals surface area contributed by atoms with Crippen molar-refractivity contribution in [3.05, 3.63) is 53.2 Å². The molecule has 4 nitrogen and oxygen atoms in total. The zero-order valence-electron chi connectivity index (χ0n) is 12.6. The summed E-state index contributed by atoms with van der Waals surface area (Å²) in [5, 5.41) is 24.6. The predicted octanol–water partition coefficient (Wildman–Crippen LogP) is 3.33. The third-order valence-electron chi connectivity index (χ3n) is 4.67. The first-order valence-corrected chi connectivity index (χ1v) is 7.87. The van der Waals surface area contributed by atoms with Gasteiger partial charge in [-0.3, -0.25) is 0 Å². The smallest absolute Gasteiger partial charge is 0.363 e. The van der Waals surface area contributed by atoms with Crippen LogP contribution in [0.1, 0.15) is 24.8 Å². The fourth-order valence-electron chi connectivity index (χ4n) is 3.40. The molecule has 1 fully saturated rings. The zero-order valence-corrected chi connectivity index (χ0v) is 12.6. The number of benzene rings is 2. The minimum atomic E-state index is -0.981. The number of aliphatic carboxylic acids is 1. The highest BCUT2D eigenvalue weighted by molar-refractivity contribution is 5.83. The Hall–Kier alpha value is -1.91. The summed E-state index contributed by atoms with van der Waals surface area (Å²) in [6.45, 7) is 0.842. The lowest BCUT2D eigenvalue weighted by Crippen LogP contribution is -2.57. The van der Waals surface area contributed by atoms with Gasteiger partial charge in [0.25, 0.3) is 0 Å². The van der Waals surface area contributed by atoms with E-state index in [0.717, 1.165) is 35.6 Å². The molecular formula is C18H21NO3. The second-order valence-corrected chi connectivity index (χ2v) is 6.20. The van der Waals surface area contributed by atoms with E-state index in [9.17, 15) is 15.1 Å². The maximum Gasteiger partial charge on any atom is 0.363 e. The first-order chi connectivity index (χ1) is 10.6. The minimum absolute atomic E-state index is 0.295. The molecule has 1 aliphatic rings. The van der Waals surface area contributed by atoms with Gasteiger partial charge in [0.1, 0.15) is 0 Å². The standard InChI is InChI=1S/C18H21NO3/c20-18(21)17(19(22)10-4-1-5-11-19)13-14-8-9-15-6-2-3-7-16(15)12-14/h2-3,6-9,12,17H,1,4-5,10-11,13H2,(H,20,21). The molecule has 0 saturated carbocycles. The average molecular weight is 299 g/mol. The number of likely N-dealkylation sites (tertiary alicyclic amines) is 1. The van der Waals surface area contributed by atoms with Gasteiger partial charge in [-0.1, -0.05) is 42.5 Å². The lowest BCUT2D eigenvalue weighted by atomic mass is 9.98. The Balaban J connectivity index is 1.87. The fourth-order valence-corrected chi connectivity index (χ4v) is 3.40. The average Bonchev–Trinajstić information content (AvgIpc) is 2.52. The maximum atomic E-state index is 12.9. The molecule has 116 valence electrons. The van der Waals surface area contributed by atoms with Crippen molar-refractivity contribution in [2.24, 2.45) is 0 Å². The number of carboxylic acids is 1. The van der Waals surface area contributed by atoms with E-state index >= 15 is 0 Å². The third kappa shape index (κ3) is 2.98. The van der Waals surface area contributed by atoms with Crippen LogP contribution in [0.25, 0.3) is 10.8 Å². The van der Waals surface area contributed by atoms with Crippen LogP contribution in [-0.4, -0.2) is 34.9 Å². The molecule has 0 radical (unpaired) electrons. The first-order valence-electron chi connectivity index (χ1n) is 7.87. The van der Waals surface area contributed by atoms with Crippen LogP contribution in [0.2, 0.25) is 0 Å². The molecular weight excluding hydrogens is 278 g/mol. The number of rotatable bonds is 4. The molecule has 0 amide bonds. The van der Waals surface area contributed by atoms with Gasteiger partial charge in [-0.05, 0) is 35.6 Å². The van der Waals surface area contributed by atoms with E-state index in [0.29, 0.717) is 19.5 Å². The van der Waals surface area contributed by atoms with Gasteiger partial charge in [-0.25, -0.2) is 4.79 Å². The van der Waals surface area contributed by atoms with E-state index in [-0.39, 0.29) is 0 Å². The molecule has 3 rings (SSSR count). The molecule has 1 atom stereocenters. The zero-order chi connectivity index (χ0) is 15.6. The Bertz CT molecular complexity index is 677. The molecule has 0 aliphatic carbocycles. The molecule has 2 aromatic rings. The number of fused-ring (bicyclic) bond motifs is 1. The second kappa shape index (κ2) is 6.07. The van der Waals surface area contributed by atoms with Crippen molar-refractivity contribution in [2.75, 3.05) is 13.1 Å². The van der Waals surface area contributed by atoms with Crippen molar-refractivity contribution in [3.8, 4) is 0 Å². The molecule has 0 spiro atoms. The van der Waals surface area contributed by atoms with Gasteiger partial charge in [0.05, 0.1) is 13.1 Å². The molecule has 4 heteroatoms. The minimum Gasteiger partial charge on any atom is -0.632 e. The lowest BCUT2D eigenvalue weighted by molar-refractivity contribution is -0.901. The number of hydrogen-bond donors (Lipinski definition) is 1. The van der Waals surface area contributed by atoms with E-state index in [1.54, 1.807) is 0 Å². The highest BCUT2D eigenvalue weighted by Gasteiger charge is 2.36. The van der Waals surface area contributed by atoms with E-state index in [4.69, 9.17) is 0 Å². The Kier molecular flexibility index (Phi) is 4.14. The van der Waals surface area contributed by atoms with Crippen LogP contribution in [0.5, 0.6) is 0 Å². The maximum absolute atomic E-state index is 12.9. The van der Waals surface area contributed by atoms with E-state index in [1.165, 1.54) is 0 Å². The molecule has 2 aromatic carbocycles. The molecule has 1 unspecified atom stereocenters. The van der Waals surface area contributed by atoms with Crippen molar-refractivity contribution < 1.29 is 14.5 Å². The largest absolute Gasteiger partial charge is 0.632 e. The Morgan fingerprint density at radius 3 is 2.45 bits per heavy atom. The Morgan fingerprint density at radius 1 is 1.09 bits per heavy atom. The number of hydrogen-bond acceptors (Lipinski definition) is 2. The summed E-state index contributed by atoms with van der Waals surface area (Å²) >= 11 is 0. The van der Waals surface area contributed by atoms with E-state index < -0.39 is 16.7 Å². The van der Waals surface area contributed by atoms with Gasteiger partial charge in [0.2, 0.25) is 0 Å². The number of nitrogens with zero attached hydrogens (tertiary/aromatic N) is 1. The highest BCUT2D eigenvalue weighted by atomic mass is 16.6. The van der Waals surface area contributed by atoms with Crippen molar-refractivity contribution in [3.63, 3.8) is 0 Å². The van der Waals surface area contributed by atoms with Crippen molar-refractivity contribution >= 4 is 16.7 Å². The summed E-state index contributed by atoms with van der Waals surface area (Å²) in [4.78, 5) is 11.7. The van der Waals surface area contributed by atoms with Gasteiger partial charge in [-0.2, -0.15) is 0 Å². The van der Waals surface area contributed by atoms with Gasteiger partial charge in [0.15, 0.2) is 6.04 Å². The predicted molar refractivity (Wildman–Crippen MR) is 86.3 cm³/mol. The second-order valence-electron chi connectivity index (χ2n) is 6.20. The molecule has 1 heterocycles. The van der Waals surface area contributed by atoms with Crippen molar-refractivity contribution in [1.82, 2.24) is 0 Å². The number of quaternary nitrogens is 1. The van der Waals surface area contributed by atoms with Gasteiger partial charge in [-0.15, -0.1) is 0 Å². The molecule has 0 bridgehead atoms. The topological polar surface area (TPSA) is 60.4 Å². The monoisotopic (exact) mass is 299 g/mol. The SMILES string of the molecule is O=C(O)C(Cc1ccc2ccccc2c1)[N+]1([O-])CCCCC1. The number of hydroxylamine groups is 3. The molecule has 1 N–H and O–H groups in total. The third-order valence-corrected chi connectivity index (χ3v) is 4.67. The highest BCUT2D eigenvalue weighted by Crippen LogP contribution is 2.25. The van der Waals surface area contributed by atoms with Gasteiger partial charge < -0.3 is 15.0 Å². The van der Waals surface area contributed by atoms with Crippen molar-refractivity contribution in [1.29, 1.82) is 0 Å². The summed E-state index contributed by atoms with van der Waals surface area (Å²) in [5.74, 6) is -0.981. The van der Waals surface area contributed by atoms with E-state index in [1.807, 2.05) is 42.5 Å². The van der Waals surface area contributed by atoms with Crippen LogP contribution < -0.4 is 0 Å². The number of piperidine rings is 1. The molecule has 22 heavy (non-hydrogen) atoms. The van der Waals surface area contributed by atoms with Crippen LogP contribution >= 0.6 is 0 Å². The Labute approximate surface area is 130 Å². The van der Waals surface area contributed by atoms with Crippen LogP contribution in [0.4, 0.5) is 0 Å². The molecule has 1 saturated heterocycles. The van der Waals surface area contributed by atoms with Crippen LogP contribution in [0.3, 0.4) is 0 Å². The summed E-state index contributed by atoms with van der Waals surface area (Å²) in [6, 6.07) is 13.0. The Morgan fingerprint density at radius 2 is 1.77 bits per heavy atom. The summed E-state index contributed by atoms with van der Waals surface area (Å²) in [6.07, 6.45) is 2.98. The van der Waals surface area contributed by atoms with E-state index in [2.05, 4.69) is 0 Å². The molecule has 0 aromatic heterocycles. The first kappa shape index (κ1) is 15.0. The molecule has 1 aliphatic heterocycles. The number of carboxylic acid groups (broad SMARTS) is 1. The van der Waals surface area contributed by atoms with Gasteiger partial charge in [0, 0.05) is 6.42 Å². The quantitative estimate of drug-likeness (QED) is 0.696. The van der Waals surface area contributed by atoms with Crippen LogP contribution in [0, 0.1) is 5.21 Å².